The summed E-state index contributed by atoms with van der Waals surface area (Å²) in [5.41, 5.74) is 2.90. The van der Waals surface area contributed by atoms with E-state index in [0.717, 1.165) is 11.3 Å². The van der Waals surface area contributed by atoms with Crippen LogP contribution in [0.5, 0.6) is 0 Å². The summed E-state index contributed by atoms with van der Waals surface area (Å²) in [4.78, 5) is 16.5. The molecule has 0 spiro atoms. The summed E-state index contributed by atoms with van der Waals surface area (Å²) in [6.45, 7) is 2.19. The molecule has 1 unspecified atom stereocenters. The molecule has 1 N–H and O–H groups in total. The van der Waals surface area contributed by atoms with Crippen molar-refractivity contribution in [2.75, 3.05) is 37.0 Å². The molecule has 2 aromatic carbocycles. The van der Waals surface area contributed by atoms with Gasteiger partial charge in [0.2, 0.25) is 0 Å². The van der Waals surface area contributed by atoms with Crippen LogP contribution in [0.15, 0.2) is 48.5 Å². The topological polar surface area (TPSA) is 35.6 Å². The van der Waals surface area contributed by atoms with E-state index in [2.05, 4.69) is 5.32 Å². The third kappa shape index (κ3) is 4.61. The lowest BCUT2D eigenvalue weighted by molar-refractivity contribution is -0.0116. The fourth-order valence-corrected chi connectivity index (χ4v) is 3.58. The molecule has 150 valence electrons. The molecule has 3 rings (SSSR count). The Hall–Kier alpha value is -2.63. The van der Waals surface area contributed by atoms with E-state index in [1.165, 1.54) is 0 Å². The predicted molar refractivity (Wildman–Crippen MR) is 109 cm³/mol. The Bertz CT molecular complexity index is 824. The maximum Gasteiger partial charge on any atom is 0.265 e. The quantitative estimate of drug-likeness (QED) is 0.822. The number of hydrogen-bond donors (Lipinski definition) is 1. The highest BCUT2D eigenvalue weighted by atomic mass is 19.3. The van der Waals surface area contributed by atoms with Crippen LogP contribution >= 0.6 is 0 Å². The number of halogens is 2. The zero-order valence-electron chi connectivity index (χ0n) is 16.6. The molecule has 1 fully saturated rings. The average Bonchev–Trinajstić information content (AvgIpc) is 2.67. The number of benzene rings is 2. The maximum absolute atomic E-state index is 13.8. The summed E-state index contributed by atoms with van der Waals surface area (Å²) in [7, 11) is 3.73. The molecular weight excluding hydrogens is 360 g/mol. The number of hydrogen-bond acceptors (Lipinski definition) is 3. The first-order valence-corrected chi connectivity index (χ1v) is 9.57. The minimum atomic E-state index is -2.69. The Morgan fingerprint density at radius 1 is 1.18 bits per heavy atom. The molecule has 1 aliphatic heterocycles. The van der Waals surface area contributed by atoms with Crippen molar-refractivity contribution < 1.29 is 13.6 Å². The third-order valence-electron chi connectivity index (χ3n) is 5.11. The second-order valence-corrected chi connectivity index (χ2v) is 7.58. The molecule has 0 aromatic heterocycles. The smallest absolute Gasteiger partial charge is 0.265 e. The van der Waals surface area contributed by atoms with Crippen LogP contribution in [0.2, 0.25) is 0 Å². The first kappa shape index (κ1) is 20.1. The predicted octanol–water partition coefficient (Wildman–Crippen LogP) is 4.48. The van der Waals surface area contributed by atoms with Crippen LogP contribution in [0.25, 0.3) is 0 Å². The van der Waals surface area contributed by atoms with E-state index >= 15 is 0 Å². The van der Waals surface area contributed by atoms with Crippen molar-refractivity contribution in [3.63, 3.8) is 0 Å². The molecule has 28 heavy (non-hydrogen) atoms. The van der Waals surface area contributed by atoms with Crippen LogP contribution in [-0.4, -0.2) is 39.0 Å². The molecule has 0 bridgehead atoms. The third-order valence-corrected chi connectivity index (χ3v) is 5.11. The molecule has 4 nitrogen and oxygen atoms in total. The summed E-state index contributed by atoms with van der Waals surface area (Å²) in [5.74, 6) is -2.91. The van der Waals surface area contributed by atoms with Gasteiger partial charge < -0.3 is 15.1 Å². The second-order valence-electron chi connectivity index (χ2n) is 7.58. The van der Waals surface area contributed by atoms with Crippen LogP contribution in [0.1, 0.15) is 41.7 Å². The van der Waals surface area contributed by atoms with Gasteiger partial charge in [-0.1, -0.05) is 30.3 Å². The fourth-order valence-electron chi connectivity index (χ4n) is 3.58. The van der Waals surface area contributed by atoms with Gasteiger partial charge in [0.25, 0.3) is 11.8 Å². The monoisotopic (exact) mass is 387 g/mol. The number of carbonyl (C=O) groups is 1. The molecule has 2 aromatic rings. The molecule has 1 aliphatic rings. The van der Waals surface area contributed by atoms with Gasteiger partial charge in [0.15, 0.2) is 0 Å². The summed E-state index contributed by atoms with van der Waals surface area (Å²) < 4.78 is 27.7. The molecular formula is C22H27F2N3O. The Labute approximate surface area is 165 Å². The zero-order chi connectivity index (χ0) is 20.3. The van der Waals surface area contributed by atoms with E-state index in [-0.39, 0.29) is 24.9 Å². The van der Waals surface area contributed by atoms with E-state index in [1.54, 1.807) is 11.0 Å². The van der Waals surface area contributed by atoms with Crippen LogP contribution in [-0.2, 0) is 0 Å². The highest BCUT2D eigenvalue weighted by molar-refractivity contribution is 6.01. The number of alkyl halides is 2. The van der Waals surface area contributed by atoms with Gasteiger partial charge in [-0.2, -0.15) is 0 Å². The molecule has 1 atom stereocenters. The number of nitrogens with zero attached hydrogens (tertiary/aromatic N) is 2. The Balaban J connectivity index is 1.86. The molecule has 1 heterocycles. The number of rotatable bonds is 5. The highest BCUT2D eigenvalue weighted by Gasteiger charge is 2.35. The summed E-state index contributed by atoms with van der Waals surface area (Å²) >= 11 is 0. The van der Waals surface area contributed by atoms with Crippen molar-refractivity contribution in [1.29, 1.82) is 0 Å². The lowest BCUT2D eigenvalue weighted by atomic mass is 10.0. The van der Waals surface area contributed by atoms with E-state index in [1.807, 2.05) is 68.4 Å². The Morgan fingerprint density at radius 3 is 2.54 bits per heavy atom. The van der Waals surface area contributed by atoms with Gasteiger partial charge in [-0.3, -0.25) is 4.79 Å². The molecule has 0 radical (unpaired) electrons. The van der Waals surface area contributed by atoms with Crippen molar-refractivity contribution in [1.82, 2.24) is 5.32 Å². The minimum absolute atomic E-state index is 0.0821. The van der Waals surface area contributed by atoms with Gasteiger partial charge in [0.1, 0.15) is 0 Å². The minimum Gasteiger partial charge on any atom is -0.377 e. The van der Waals surface area contributed by atoms with E-state index in [4.69, 9.17) is 0 Å². The number of amides is 1. The van der Waals surface area contributed by atoms with Crippen LogP contribution < -0.4 is 15.1 Å². The summed E-state index contributed by atoms with van der Waals surface area (Å²) in [6, 6.07) is 14.9. The standard InChI is InChI=1S/C22H27F2N3O/c1-16(17-8-5-4-6-9-17)25-21(28)19-14-18(10-11-20(19)26(2)3)27-13-7-12-22(23,24)15-27/h4-6,8-11,14,16H,7,12-13,15H2,1-3H3,(H,25,28). The van der Waals surface area contributed by atoms with Gasteiger partial charge in [0.05, 0.1) is 18.2 Å². The Kier molecular flexibility index (Phi) is 5.87. The van der Waals surface area contributed by atoms with Gasteiger partial charge in [-0.15, -0.1) is 0 Å². The van der Waals surface area contributed by atoms with E-state index < -0.39 is 5.92 Å². The summed E-state index contributed by atoms with van der Waals surface area (Å²) in [5, 5.41) is 3.02. The van der Waals surface area contributed by atoms with Gasteiger partial charge >= 0.3 is 0 Å². The first-order valence-electron chi connectivity index (χ1n) is 9.57. The van der Waals surface area contributed by atoms with Crippen LogP contribution in [0, 0.1) is 0 Å². The lowest BCUT2D eigenvalue weighted by Gasteiger charge is -2.34. The Morgan fingerprint density at radius 2 is 1.89 bits per heavy atom. The summed E-state index contributed by atoms with van der Waals surface area (Å²) in [6.07, 6.45) is 0.357. The molecule has 1 saturated heterocycles. The van der Waals surface area contributed by atoms with Crippen molar-refractivity contribution in [3.05, 3.63) is 59.7 Å². The average molecular weight is 387 g/mol. The van der Waals surface area contributed by atoms with Gasteiger partial charge in [0, 0.05) is 38.4 Å². The number of carbonyl (C=O) groups excluding carboxylic acids is 1. The van der Waals surface area contributed by atoms with E-state index in [9.17, 15) is 13.6 Å². The fraction of sp³-hybridized carbons (Fsp3) is 0.409. The van der Waals surface area contributed by atoms with Gasteiger partial charge in [-0.05, 0) is 37.1 Å². The number of piperidine rings is 1. The van der Waals surface area contributed by atoms with Crippen molar-refractivity contribution in [2.45, 2.75) is 31.7 Å². The SMILES string of the molecule is CC(NC(=O)c1cc(N2CCCC(F)(F)C2)ccc1N(C)C)c1ccccc1. The largest absolute Gasteiger partial charge is 0.377 e. The molecule has 0 saturated carbocycles. The number of anilines is 2. The van der Waals surface area contributed by atoms with Gasteiger partial charge in [-0.25, -0.2) is 8.78 Å². The lowest BCUT2D eigenvalue weighted by Crippen LogP contribution is -2.42. The zero-order valence-corrected chi connectivity index (χ0v) is 16.6. The normalized spacial score (nSPS) is 17.1. The van der Waals surface area contributed by atoms with Crippen molar-refractivity contribution in [3.8, 4) is 0 Å². The first-order chi connectivity index (χ1) is 13.3. The van der Waals surface area contributed by atoms with Crippen LogP contribution in [0.3, 0.4) is 0 Å². The number of nitrogens with one attached hydrogen (secondary N) is 1. The van der Waals surface area contributed by atoms with Crippen molar-refractivity contribution >= 4 is 17.3 Å². The second kappa shape index (κ2) is 8.17. The maximum atomic E-state index is 13.8. The van der Waals surface area contributed by atoms with E-state index in [0.29, 0.717) is 24.2 Å². The highest BCUT2D eigenvalue weighted by Crippen LogP contribution is 2.32. The molecule has 6 heteroatoms. The van der Waals surface area contributed by atoms with Crippen molar-refractivity contribution in [2.24, 2.45) is 0 Å². The van der Waals surface area contributed by atoms with Crippen LogP contribution in [0.4, 0.5) is 20.2 Å². The molecule has 1 amide bonds. The molecule has 0 aliphatic carbocycles.